The highest BCUT2D eigenvalue weighted by atomic mass is 19.4. The molecule has 5 amide bonds. The molecule has 0 saturated carbocycles. The van der Waals surface area contributed by atoms with Crippen LogP contribution in [0.1, 0.15) is 91.5 Å². The molecule has 0 aliphatic carbocycles. The largest absolute Gasteiger partial charge is 0.508 e. The molecule has 1 fully saturated rings. The zero-order valence-electron chi connectivity index (χ0n) is 37.1. The van der Waals surface area contributed by atoms with Crippen LogP contribution in [0.15, 0.2) is 29.3 Å². The number of hydrogen-bond donors (Lipinski definition) is 9. The van der Waals surface area contributed by atoms with Gasteiger partial charge in [-0.3, -0.25) is 29.0 Å². The minimum Gasteiger partial charge on any atom is -0.508 e. The number of guanidine groups is 1. The van der Waals surface area contributed by atoms with Crippen molar-refractivity contribution in [3.05, 3.63) is 29.8 Å². The third-order valence-electron chi connectivity index (χ3n) is 9.66. The number of benzene rings is 1. The van der Waals surface area contributed by atoms with Crippen LogP contribution in [0.4, 0.5) is 13.2 Å². The van der Waals surface area contributed by atoms with Crippen LogP contribution in [0.25, 0.3) is 0 Å². The van der Waals surface area contributed by atoms with E-state index in [-0.39, 0.29) is 62.3 Å². The summed E-state index contributed by atoms with van der Waals surface area (Å²) >= 11 is 0. The molecule has 0 unspecified atom stereocenters. The van der Waals surface area contributed by atoms with E-state index in [1.807, 2.05) is 32.8 Å². The van der Waals surface area contributed by atoms with E-state index >= 15 is 0 Å². The number of halogens is 3. The number of carbonyl (C=O) groups excluding carboxylic acids is 5. The Balaban J connectivity index is 0.00000260. The Hall–Kier alpha value is -5.67. The molecular weight excluding hydrogens is 835 g/mol. The van der Waals surface area contributed by atoms with Crippen LogP contribution in [0, 0.1) is 11.3 Å². The van der Waals surface area contributed by atoms with E-state index in [0.29, 0.717) is 31.2 Å². The fourth-order valence-electron chi connectivity index (χ4n) is 6.46. The lowest BCUT2D eigenvalue weighted by Crippen LogP contribution is -2.61. The van der Waals surface area contributed by atoms with Crippen molar-refractivity contribution in [3.63, 3.8) is 0 Å². The highest BCUT2D eigenvalue weighted by molar-refractivity contribution is 5.96. The molecule has 1 aliphatic heterocycles. The van der Waals surface area contributed by atoms with Crippen molar-refractivity contribution < 1.29 is 62.1 Å². The van der Waals surface area contributed by atoms with E-state index in [0.717, 1.165) is 13.0 Å². The van der Waals surface area contributed by atoms with E-state index in [4.69, 9.17) is 21.4 Å². The number of unbranched alkanes of at least 4 members (excludes halogenated alkanes) is 1. The van der Waals surface area contributed by atoms with Gasteiger partial charge in [0.25, 0.3) is 0 Å². The fraction of sp³-hybridized carbons (Fsp3) is 0.659. The number of aliphatic imine (C=N–C) groups is 1. The SMILES string of the molecule is CC(C)C[C@H](NC(=O)[C@@H](NC(=O)[C@H](Cc1ccc(O)cc1)NC(=O)[C@@H]1CCCN1C(=O)[C@H](CCCN=C(N)N)NC(=O)CCCCN(C)C)C(C)(C)C)C(=O)O.O=C(O)C(F)(F)F. The summed E-state index contributed by atoms with van der Waals surface area (Å²) in [5.74, 6) is -6.78. The normalized spacial score (nSPS) is 15.8. The summed E-state index contributed by atoms with van der Waals surface area (Å²) < 4.78 is 31.7. The number of aliphatic carboxylic acids is 2. The average Bonchev–Trinajstić information content (AvgIpc) is 3.66. The van der Waals surface area contributed by atoms with Crippen molar-refractivity contribution in [2.75, 3.05) is 33.7 Å². The number of nitrogens with two attached hydrogens (primary N) is 2. The van der Waals surface area contributed by atoms with E-state index < -0.39 is 77.4 Å². The highest BCUT2D eigenvalue weighted by Gasteiger charge is 2.41. The highest BCUT2D eigenvalue weighted by Crippen LogP contribution is 2.23. The second-order valence-electron chi connectivity index (χ2n) is 17.1. The number of phenolic OH excluding ortho intramolecular Hbond substituents is 1. The van der Waals surface area contributed by atoms with Gasteiger partial charge in [0.1, 0.15) is 36.0 Å². The number of hydrogen-bond acceptors (Lipinski definition) is 10. The molecule has 19 nitrogen and oxygen atoms in total. The monoisotopic (exact) mass is 901 g/mol. The number of carboxylic acids is 2. The first-order valence-corrected chi connectivity index (χ1v) is 20.7. The van der Waals surface area contributed by atoms with Crippen molar-refractivity contribution >= 4 is 47.4 Å². The average molecular weight is 902 g/mol. The number of carbonyl (C=O) groups is 7. The van der Waals surface area contributed by atoms with Crippen LogP contribution < -0.4 is 32.7 Å². The fourth-order valence-corrected chi connectivity index (χ4v) is 6.46. The molecule has 1 saturated heterocycles. The van der Waals surface area contributed by atoms with Crippen LogP contribution in [-0.4, -0.2) is 143 Å². The standard InChI is InChI=1S/C39H65N9O8.C2HF3O2/c1-24(2)22-29(37(55)56)45-35(53)32(39(3,4)5)46-33(51)28(23-25-15-17-26(49)18-16-25)44-34(52)30-13-11-21-48(30)36(54)27(12-10-19-42-38(40)41)43-31(50)14-8-9-20-47(6)7;3-2(4,5)1(6)7/h15-18,24,27-30,32,49H,8-14,19-23H2,1-7H3,(H,43,50)(H,44,52)(H,45,53)(H,46,51)(H,55,56)(H4,40,41,42);(H,6,7)/t27-,28-,29-,30-,32+;/m0./s1. The Kier molecular flexibility index (Phi) is 22.9. The molecule has 22 heteroatoms. The Morgan fingerprint density at radius 3 is 1.98 bits per heavy atom. The molecule has 0 radical (unpaired) electrons. The number of nitrogens with zero attached hydrogens (tertiary/aromatic N) is 3. The van der Waals surface area contributed by atoms with Gasteiger partial charge in [-0.2, -0.15) is 13.2 Å². The molecule has 356 valence electrons. The van der Waals surface area contributed by atoms with Gasteiger partial charge in [-0.15, -0.1) is 0 Å². The molecule has 0 aromatic heterocycles. The molecular formula is C41H66F3N9O10. The van der Waals surface area contributed by atoms with Crippen LogP contribution in [0.5, 0.6) is 5.75 Å². The number of alkyl halides is 3. The summed E-state index contributed by atoms with van der Waals surface area (Å²) in [5, 5.41) is 37.7. The molecule has 1 aromatic carbocycles. The smallest absolute Gasteiger partial charge is 0.490 e. The van der Waals surface area contributed by atoms with Gasteiger partial charge in [0, 0.05) is 25.9 Å². The van der Waals surface area contributed by atoms with Crippen LogP contribution in [0.2, 0.25) is 0 Å². The van der Waals surface area contributed by atoms with E-state index in [1.165, 1.54) is 17.0 Å². The Morgan fingerprint density at radius 1 is 0.873 bits per heavy atom. The van der Waals surface area contributed by atoms with Gasteiger partial charge in [-0.25, -0.2) is 9.59 Å². The van der Waals surface area contributed by atoms with Gasteiger partial charge in [0.2, 0.25) is 29.5 Å². The minimum atomic E-state index is -5.08. The molecule has 1 heterocycles. The van der Waals surface area contributed by atoms with Crippen molar-refractivity contribution in [1.29, 1.82) is 0 Å². The maximum Gasteiger partial charge on any atom is 0.490 e. The molecule has 2 rings (SSSR count). The first-order valence-electron chi connectivity index (χ1n) is 20.7. The molecule has 0 bridgehead atoms. The Bertz CT molecular complexity index is 1720. The number of aromatic hydroxyl groups is 1. The van der Waals surface area contributed by atoms with Crippen molar-refractivity contribution in [2.45, 2.75) is 129 Å². The van der Waals surface area contributed by atoms with Gasteiger partial charge >= 0.3 is 18.1 Å². The topological polar surface area (TPSA) is 299 Å². The number of likely N-dealkylation sites (tertiary alicyclic amines) is 1. The lowest BCUT2D eigenvalue weighted by molar-refractivity contribution is -0.192. The van der Waals surface area contributed by atoms with E-state index in [2.05, 4.69) is 26.3 Å². The summed E-state index contributed by atoms with van der Waals surface area (Å²) in [6, 6.07) is 0.603. The van der Waals surface area contributed by atoms with Crippen LogP contribution in [-0.2, 0) is 40.0 Å². The minimum absolute atomic E-state index is 0.00579. The van der Waals surface area contributed by atoms with Crippen molar-refractivity contribution in [2.24, 2.45) is 27.8 Å². The van der Waals surface area contributed by atoms with E-state index in [1.54, 1.807) is 32.9 Å². The Labute approximate surface area is 366 Å². The molecule has 11 N–H and O–H groups in total. The van der Waals surface area contributed by atoms with Crippen LogP contribution in [0.3, 0.4) is 0 Å². The molecule has 63 heavy (non-hydrogen) atoms. The predicted octanol–water partition coefficient (Wildman–Crippen LogP) is 1.46. The molecule has 1 aliphatic rings. The Morgan fingerprint density at radius 2 is 1.48 bits per heavy atom. The van der Waals surface area contributed by atoms with Gasteiger partial charge < -0.3 is 57.9 Å². The van der Waals surface area contributed by atoms with Gasteiger partial charge in [0.05, 0.1) is 0 Å². The second-order valence-corrected chi connectivity index (χ2v) is 17.1. The van der Waals surface area contributed by atoms with Gasteiger partial charge in [-0.1, -0.05) is 46.8 Å². The molecule has 1 aromatic rings. The summed E-state index contributed by atoms with van der Waals surface area (Å²) in [7, 11) is 3.90. The lowest BCUT2D eigenvalue weighted by atomic mass is 9.85. The van der Waals surface area contributed by atoms with Gasteiger partial charge in [0.15, 0.2) is 5.96 Å². The maximum absolute atomic E-state index is 14.1. The third kappa shape index (κ3) is 21.3. The number of carboxylic acid groups (broad SMARTS) is 2. The van der Waals surface area contributed by atoms with Gasteiger partial charge in [-0.05, 0) is 94.6 Å². The number of amides is 5. The molecule has 5 atom stereocenters. The van der Waals surface area contributed by atoms with Crippen LogP contribution >= 0.6 is 0 Å². The van der Waals surface area contributed by atoms with E-state index in [9.17, 15) is 52.2 Å². The summed E-state index contributed by atoms with van der Waals surface area (Å²) in [6.45, 7) is 10.2. The quantitative estimate of drug-likeness (QED) is 0.0453. The predicted molar refractivity (Wildman–Crippen MR) is 227 cm³/mol. The number of nitrogens with one attached hydrogen (secondary N) is 4. The first-order chi connectivity index (χ1) is 29.1. The second kappa shape index (κ2) is 26.1. The first kappa shape index (κ1) is 55.3. The lowest BCUT2D eigenvalue weighted by Gasteiger charge is -2.33. The molecule has 0 spiro atoms. The van der Waals surface area contributed by atoms with Crippen molar-refractivity contribution in [1.82, 2.24) is 31.1 Å². The summed E-state index contributed by atoms with van der Waals surface area (Å²) in [5.41, 5.74) is 10.7. The summed E-state index contributed by atoms with van der Waals surface area (Å²) in [6.07, 6.45) is -1.83. The zero-order chi connectivity index (χ0) is 48.2. The third-order valence-corrected chi connectivity index (χ3v) is 9.66. The number of rotatable bonds is 22. The zero-order valence-corrected chi connectivity index (χ0v) is 37.1. The maximum atomic E-state index is 14.1. The number of phenols is 1. The summed E-state index contributed by atoms with van der Waals surface area (Å²) in [4.78, 5) is 97.0. The van der Waals surface area contributed by atoms with Crippen molar-refractivity contribution in [3.8, 4) is 5.75 Å².